The Labute approximate surface area is 171 Å². The molecular formula is C24H38N2S. The molecule has 0 aliphatic heterocycles. The number of aromatic nitrogens is 1. The highest BCUT2D eigenvalue weighted by atomic mass is 32.1. The van der Waals surface area contributed by atoms with Crippen LogP contribution in [0.5, 0.6) is 0 Å². The van der Waals surface area contributed by atoms with E-state index in [2.05, 4.69) is 62.5 Å². The monoisotopic (exact) mass is 386 g/mol. The van der Waals surface area contributed by atoms with Crippen molar-refractivity contribution in [1.29, 1.82) is 0 Å². The highest BCUT2D eigenvalue weighted by Gasteiger charge is 2.27. The van der Waals surface area contributed by atoms with Crippen molar-refractivity contribution in [2.75, 3.05) is 6.54 Å². The molecule has 1 aliphatic rings. The molecule has 1 aromatic rings. The fourth-order valence-electron chi connectivity index (χ4n) is 3.63. The second kappa shape index (κ2) is 14.7. The third kappa shape index (κ3) is 8.03. The van der Waals surface area contributed by atoms with Gasteiger partial charge in [-0.2, -0.15) is 0 Å². The topological polar surface area (TPSA) is 24.9 Å². The number of nitrogens with one attached hydrogen (secondary N) is 1. The molecule has 150 valence electrons. The van der Waals surface area contributed by atoms with Crippen LogP contribution in [0.1, 0.15) is 95.3 Å². The lowest BCUT2D eigenvalue weighted by Gasteiger charge is -2.29. The van der Waals surface area contributed by atoms with Crippen LogP contribution in [-0.2, 0) is 0 Å². The van der Waals surface area contributed by atoms with Crippen LogP contribution < -0.4 is 5.32 Å². The molecule has 0 radical (unpaired) electrons. The second-order valence-corrected chi connectivity index (χ2v) is 8.08. The van der Waals surface area contributed by atoms with Crippen LogP contribution >= 0.6 is 11.3 Å². The molecule has 2 nitrogen and oxygen atoms in total. The maximum Gasteiger partial charge on any atom is 0.111 e. The fourth-order valence-corrected chi connectivity index (χ4v) is 4.62. The number of allylic oxidation sites excluding steroid dienone is 4. The van der Waals surface area contributed by atoms with Gasteiger partial charge in [0.05, 0.1) is 11.7 Å². The lowest BCUT2D eigenvalue weighted by Crippen LogP contribution is -2.30. The molecule has 0 amide bonds. The molecule has 3 heteroatoms. The van der Waals surface area contributed by atoms with Gasteiger partial charge in [0.1, 0.15) is 5.01 Å². The van der Waals surface area contributed by atoms with Gasteiger partial charge in [-0.15, -0.1) is 24.2 Å². The molecule has 1 aromatic heterocycles. The predicted octanol–water partition coefficient (Wildman–Crippen LogP) is 7.16. The molecule has 1 N–H and O–H groups in total. The van der Waals surface area contributed by atoms with E-state index in [1.807, 2.05) is 11.3 Å². The number of nitrogens with zero attached hydrogens (tertiary/aromatic N) is 1. The molecule has 1 unspecified atom stereocenters. The normalized spacial score (nSPS) is 16.9. The Hall–Kier alpha value is -1.37. The Bertz CT molecular complexity index is 576. The first-order valence-corrected chi connectivity index (χ1v) is 11.5. The molecule has 0 saturated heterocycles. The predicted molar refractivity (Wildman–Crippen MR) is 122 cm³/mol. The summed E-state index contributed by atoms with van der Waals surface area (Å²) in [6, 6.07) is 0.448. The molecule has 2 rings (SSSR count). The Morgan fingerprint density at radius 3 is 2.63 bits per heavy atom. The summed E-state index contributed by atoms with van der Waals surface area (Å²) in [5, 5.41) is 7.38. The van der Waals surface area contributed by atoms with Crippen molar-refractivity contribution in [3.8, 4) is 12.8 Å². The summed E-state index contributed by atoms with van der Waals surface area (Å²) in [6.07, 6.45) is 26.4. The maximum absolute atomic E-state index is 5.05. The smallest absolute Gasteiger partial charge is 0.111 e. The van der Waals surface area contributed by atoms with Gasteiger partial charge in [-0.1, -0.05) is 64.2 Å². The number of hydrogen-bond acceptors (Lipinski definition) is 3. The van der Waals surface area contributed by atoms with Gasteiger partial charge in [0.25, 0.3) is 0 Å². The molecule has 1 atom stereocenters. The van der Waals surface area contributed by atoms with Gasteiger partial charge < -0.3 is 5.32 Å². The van der Waals surface area contributed by atoms with Gasteiger partial charge in [-0.3, -0.25) is 0 Å². The molecule has 1 aliphatic carbocycles. The van der Waals surface area contributed by atoms with E-state index in [1.54, 1.807) is 0 Å². The van der Waals surface area contributed by atoms with Gasteiger partial charge >= 0.3 is 0 Å². The van der Waals surface area contributed by atoms with Gasteiger partial charge in [-0.05, 0) is 50.6 Å². The molecule has 1 fully saturated rings. The van der Waals surface area contributed by atoms with E-state index in [0.717, 1.165) is 24.6 Å². The molecule has 27 heavy (non-hydrogen) atoms. The maximum atomic E-state index is 5.05. The van der Waals surface area contributed by atoms with Gasteiger partial charge in [0.2, 0.25) is 0 Å². The highest BCUT2D eigenvalue weighted by Crippen LogP contribution is 2.36. The number of hydrogen-bond donors (Lipinski definition) is 1. The summed E-state index contributed by atoms with van der Waals surface area (Å²) in [5.74, 6) is 0.759. The number of terminal acetylenes is 1. The summed E-state index contributed by atoms with van der Waals surface area (Å²) in [7, 11) is 0. The SMILES string of the molecule is C#C.C/C=C(\C=C/CCC)c1csc(C(NCCCC)C2CCCCC2)n1. The molecular weight excluding hydrogens is 348 g/mol. The number of unbranched alkanes of at least 4 members (excludes halogenated alkanes) is 2. The van der Waals surface area contributed by atoms with Crippen molar-refractivity contribution in [2.24, 2.45) is 5.92 Å². The Kier molecular flexibility index (Phi) is 12.9. The van der Waals surface area contributed by atoms with Crippen molar-refractivity contribution in [1.82, 2.24) is 10.3 Å². The van der Waals surface area contributed by atoms with E-state index in [4.69, 9.17) is 4.98 Å². The van der Waals surface area contributed by atoms with Gasteiger partial charge in [-0.25, -0.2) is 4.98 Å². The number of thiazole rings is 1. The van der Waals surface area contributed by atoms with Crippen LogP contribution in [0.2, 0.25) is 0 Å². The van der Waals surface area contributed by atoms with Crippen LogP contribution in [0.4, 0.5) is 0 Å². The van der Waals surface area contributed by atoms with E-state index in [9.17, 15) is 0 Å². The van der Waals surface area contributed by atoms with Crippen LogP contribution in [0.3, 0.4) is 0 Å². The molecule has 0 spiro atoms. The van der Waals surface area contributed by atoms with E-state index >= 15 is 0 Å². The first-order valence-electron chi connectivity index (χ1n) is 10.7. The molecule has 0 aromatic carbocycles. The van der Waals surface area contributed by atoms with Gasteiger partial charge in [0, 0.05) is 5.38 Å². The van der Waals surface area contributed by atoms with Crippen molar-refractivity contribution in [3.63, 3.8) is 0 Å². The van der Waals surface area contributed by atoms with E-state index < -0.39 is 0 Å². The average molecular weight is 387 g/mol. The van der Waals surface area contributed by atoms with Crippen molar-refractivity contribution in [3.05, 3.63) is 34.3 Å². The molecule has 0 bridgehead atoms. The van der Waals surface area contributed by atoms with Crippen LogP contribution in [0.15, 0.2) is 23.6 Å². The Morgan fingerprint density at radius 2 is 2.00 bits per heavy atom. The minimum atomic E-state index is 0.448. The zero-order valence-corrected chi connectivity index (χ0v) is 18.4. The van der Waals surface area contributed by atoms with Crippen molar-refractivity contribution in [2.45, 2.75) is 84.6 Å². The lowest BCUT2D eigenvalue weighted by molar-refractivity contribution is 0.270. The summed E-state index contributed by atoms with van der Waals surface area (Å²) >= 11 is 1.84. The summed E-state index contributed by atoms with van der Waals surface area (Å²) in [5.41, 5.74) is 2.40. The Morgan fingerprint density at radius 1 is 1.26 bits per heavy atom. The minimum absolute atomic E-state index is 0.448. The van der Waals surface area contributed by atoms with Crippen molar-refractivity contribution < 1.29 is 0 Å². The van der Waals surface area contributed by atoms with E-state index in [-0.39, 0.29) is 0 Å². The summed E-state index contributed by atoms with van der Waals surface area (Å²) in [6.45, 7) is 7.71. The second-order valence-electron chi connectivity index (χ2n) is 7.19. The Balaban J connectivity index is 0.00000176. The van der Waals surface area contributed by atoms with Gasteiger partial charge in [0.15, 0.2) is 0 Å². The average Bonchev–Trinajstić information content (AvgIpc) is 3.20. The number of rotatable bonds is 10. The van der Waals surface area contributed by atoms with Crippen molar-refractivity contribution >= 4 is 16.9 Å². The minimum Gasteiger partial charge on any atom is -0.308 e. The standard InChI is InChI=1S/C22H36N2S.C2H2/c1-4-7-10-13-18(6-3)20-17-25-22(24-20)21(23-16-8-5-2)19-14-11-9-12-15-19;1-2/h6,10,13,17,19,21,23H,4-5,7-9,11-12,14-16H2,1-3H3;1-2H/b13-10-,18-6+;. The largest absolute Gasteiger partial charge is 0.308 e. The summed E-state index contributed by atoms with van der Waals surface area (Å²) < 4.78 is 0. The molecule has 1 heterocycles. The van der Waals surface area contributed by atoms with Crippen LogP contribution in [-0.4, -0.2) is 11.5 Å². The molecule has 1 saturated carbocycles. The van der Waals surface area contributed by atoms with Crippen LogP contribution in [0, 0.1) is 18.8 Å². The first-order chi connectivity index (χ1) is 13.3. The zero-order chi connectivity index (χ0) is 19.9. The van der Waals surface area contributed by atoms with Crippen LogP contribution in [0.25, 0.3) is 5.57 Å². The summed E-state index contributed by atoms with van der Waals surface area (Å²) in [4.78, 5) is 5.05. The quantitative estimate of drug-likeness (QED) is 0.262. The van der Waals surface area contributed by atoms with E-state index in [0.29, 0.717) is 6.04 Å². The zero-order valence-electron chi connectivity index (χ0n) is 17.5. The van der Waals surface area contributed by atoms with E-state index in [1.165, 1.54) is 61.9 Å². The first kappa shape index (κ1) is 23.7. The fraction of sp³-hybridized carbons (Fsp3) is 0.625. The lowest BCUT2D eigenvalue weighted by atomic mass is 9.84. The third-order valence-corrected chi connectivity index (χ3v) is 6.09. The third-order valence-electron chi connectivity index (χ3n) is 5.16. The highest BCUT2D eigenvalue weighted by molar-refractivity contribution is 7.09.